The summed E-state index contributed by atoms with van der Waals surface area (Å²) in [5, 5.41) is 8.64. The Morgan fingerprint density at radius 1 is 1.00 bits per heavy atom. The molecule has 0 aromatic rings. The minimum atomic E-state index is -1.10. The van der Waals surface area contributed by atoms with Crippen molar-refractivity contribution in [3.8, 4) is 18.4 Å². The Bertz CT molecular complexity index is 326. The average Bonchev–Trinajstić information content (AvgIpc) is 2.41. The Kier molecular flexibility index (Phi) is 12.7. The van der Waals surface area contributed by atoms with Crippen molar-refractivity contribution in [2.45, 2.75) is 71.9 Å². The first-order valence-electron chi connectivity index (χ1n) is 7.69. The third-order valence-corrected chi connectivity index (χ3v) is 4.94. The van der Waals surface area contributed by atoms with Gasteiger partial charge in [-0.05, 0) is 40.5 Å². The highest BCUT2D eigenvalue weighted by Crippen LogP contribution is 2.46. The van der Waals surface area contributed by atoms with Crippen molar-refractivity contribution < 1.29 is 9.05 Å². The second kappa shape index (κ2) is 13.1. The van der Waals surface area contributed by atoms with Crippen LogP contribution in [0.5, 0.6) is 0 Å². The molecule has 1 atom stereocenters. The van der Waals surface area contributed by atoms with Gasteiger partial charge in [0.15, 0.2) is 0 Å². The van der Waals surface area contributed by atoms with E-state index in [2.05, 4.69) is 44.4 Å². The molecule has 0 N–H and O–H groups in total. The van der Waals surface area contributed by atoms with Crippen LogP contribution in [0.4, 0.5) is 0 Å². The summed E-state index contributed by atoms with van der Waals surface area (Å²) in [4.78, 5) is 0. The number of hydrogen-bond acceptors (Lipinski definition) is 4. The molecule has 0 aromatic carbocycles. The SMILES string of the molecule is C#CCCCCCOP(OCCC#N)N(C(C)C)C(C)C. The van der Waals surface area contributed by atoms with E-state index >= 15 is 0 Å². The smallest absolute Gasteiger partial charge is 0.259 e. The van der Waals surface area contributed by atoms with E-state index < -0.39 is 8.53 Å². The van der Waals surface area contributed by atoms with Gasteiger partial charge in [-0.1, -0.05) is 6.42 Å². The van der Waals surface area contributed by atoms with Crippen LogP contribution in [0.15, 0.2) is 0 Å². The summed E-state index contributed by atoms with van der Waals surface area (Å²) >= 11 is 0. The maximum absolute atomic E-state index is 8.64. The van der Waals surface area contributed by atoms with Gasteiger partial charge in [0.05, 0.1) is 25.7 Å². The highest BCUT2D eigenvalue weighted by molar-refractivity contribution is 7.44. The van der Waals surface area contributed by atoms with Crippen molar-refractivity contribution >= 4 is 8.53 Å². The van der Waals surface area contributed by atoms with Crippen molar-refractivity contribution in [2.24, 2.45) is 0 Å². The quantitative estimate of drug-likeness (QED) is 0.303. The molecule has 5 heteroatoms. The lowest BCUT2D eigenvalue weighted by Crippen LogP contribution is -2.33. The fourth-order valence-corrected chi connectivity index (χ4v) is 3.59. The molecule has 0 heterocycles. The van der Waals surface area contributed by atoms with Gasteiger partial charge in [0.25, 0.3) is 8.53 Å². The molecule has 4 nitrogen and oxygen atoms in total. The van der Waals surface area contributed by atoms with Gasteiger partial charge in [0.1, 0.15) is 0 Å². The zero-order valence-corrected chi connectivity index (χ0v) is 14.7. The molecule has 0 spiro atoms. The number of nitrogens with zero attached hydrogens (tertiary/aromatic N) is 2. The van der Waals surface area contributed by atoms with Gasteiger partial charge in [-0.25, -0.2) is 4.67 Å². The van der Waals surface area contributed by atoms with Crippen LogP contribution in [0.3, 0.4) is 0 Å². The molecule has 0 saturated carbocycles. The average molecular weight is 312 g/mol. The van der Waals surface area contributed by atoms with Crippen LogP contribution in [0, 0.1) is 23.7 Å². The van der Waals surface area contributed by atoms with Crippen molar-refractivity contribution in [3.63, 3.8) is 0 Å². The highest BCUT2D eigenvalue weighted by Gasteiger charge is 2.26. The Labute approximate surface area is 131 Å². The van der Waals surface area contributed by atoms with Crippen LogP contribution < -0.4 is 0 Å². The second-order valence-electron chi connectivity index (χ2n) is 5.39. The maximum Gasteiger partial charge on any atom is 0.259 e. The summed E-state index contributed by atoms with van der Waals surface area (Å²) in [6, 6.07) is 2.80. The Balaban J connectivity index is 4.31. The van der Waals surface area contributed by atoms with E-state index in [4.69, 9.17) is 20.7 Å². The van der Waals surface area contributed by atoms with Gasteiger partial charge in [-0.2, -0.15) is 5.26 Å². The molecule has 0 fully saturated rings. The first-order chi connectivity index (χ1) is 10.0. The standard InChI is InChI=1S/C16H29N2O2P/c1-6-7-8-9-10-13-19-21(20-14-11-12-17)18(15(2)3)16(4)5/h1,15-16H,7-11,13-14H2,2-5H3. The molecule has 120 valence electrons. The first-order valence-corrected chi connectivity index (χ1v) is 8.82. The van der Waals surface area contributed by atoms with E-state index in [1.165, 1.54) is 0 Å². The number of terminal acetylenes is 1. The molecule has 0 aromatic heterocycles. The van der Waals surface area contributed by atoms with Crippen LogP contribution in [0.1, 0.15) is 59.8 Å². The predicted octanol–water partition coefficient (Wildman–Crippen LogP) is 4.47. The summed E-state index contributed by atoms with van der Waals surface area (Å²) in [5.41, 5.74) is 0. The van der Waals surface area contributed by atoms with Crippen molar-refractivity contribution in [1.82, 2.24) is 4.67 Å². The number of hydrogen-bond donors (Lipinski definition) is 0. The van der Waals surface area contributed by atoms with Crippen LogP contribution in [-0.4, -0.2) is 30.0 Å². The fourth-order valence-electron chi connectivity index (χ4n) is 1.96. The monoisotopic (exact) mass is 312 g/mol. The van der Waals surface area contributed by atoms with E-state index in [9.17, 15) is 0 Å². The molecule has 0 radical (unpaired) electrons. The second-order valence-corrected chi connectivity index (χ2v) is 6.85. The Morgan fingerprint density at radius 2 is 1.62 bits per heavy atom. The van der Waals surface area contributed by atoms with E-state index in [1.807, 2.05) is 0 Å². The lowest BCUT2D eigenvalue weighted by molar-refractivity contribution is 0.174. The fraction of sp³-hybridized carbons (Fsp3) is 0.812. The van der Waals surface area contributed by atoms with Crippen molar-refractivity contribution in [2.75, 3.05) is 13.2 Å². The van der Waals surface area contributed by atoms with E-state index in [0.717, 1.165) is 25.7 Å². The minimum Gasteiger partial charge on any atom is -0.322 e. The molecular weight excluding hydrogens is 283 g/mol. The van der Waals surface area contributed by atoms with E-state index in [0.29, 0.717) is 31.7 Å². The lowest BCUT2D eigenvalue weighted by atomic mass is 10.2. The van der Waals surface area contributed by atoms with Gasteiger partial charge >= 0.3 is 0 Å². The van der Waals surface area contributed by atoms with Gasteiger partial charge < -0.3 is 9.05 Å². The third kappa shape index (κ3) is 9.83. The normalized spacial score (nSPS) is 12.6. The largest absolute Gasteiger partial charge is 0.322 e. The van der Waals surface area contributed by atoms with Gasteiger partial charge in [-0.15, -0.1) is 12.3 Å². The molecule has 0 saturated heterocycles. The minimum absolute atomic E-state index is 0.347. The van der Waals surface area contributed by atoms with Gasteiger partial charge in [0, 0.05) is 18.5 Å². The molecule has 0 amide bonds. The Morgan fingerprint density at radius 3 is 2.14 bits per heavy atom. The number of rotatable bonds is 12. The number of unbranched alkanes of at least 4 members (excludes halogenated alkanes) is 3. The predicted molar refractivity (Wildman–Crippen MR) is 88.5 cm³/mol. The molecule has 1 unspecified atom stereocenters. The first kappa shape index (κ1) is 20.4. The summed E-state index contributed by atoms with van der Waals surface area (Å²) in [5.74, 6) is 2.65. The van der Waals surface area contributed by atoms with Crippen LogP contribution in [0.2, 0.25) is 0 Å². The van der Waals surface area contributed by atoms with Crippen molar-refractivity contribution in [1.29, 1.82) is 5.26 Å². The third-order valence-electron chi connectivity index (χ3n) is 2.83. The molecule has 0 aliphatic rings. The summed E-state index contributed by atoms with van der Waals surface area (Å²) in [7, 11) is -1.10. The summed E-state index contributed by atoms with van der Waals surface area (Å²) in [6.07, 6.45) is 9.58. The zero-order chi connectivity index (χ0) is 16.1. The van der Waals surface area contributed by atoms with E-state index in [-0.39, 0.29) is 0 Å². The van der Waals surface area contributed by atoms with Crippen LogP contribution in [-0.2, 0) is 9.05 Å². The highest BCUT2D eigenvalue weighted by atomic mass is 31.2. The summed E-state index contributed by atoms with van der Waals surface area (Å²) in [6.45, 7) is 9.66. The van der Waals surface area contributed by atoms with Gasteiger partial charge in [0.2, 0.25) is 0 Å². The molecule has 0 bridgehead atoms. The maximum atomic E-state index is 8.64. The zero-order valence-electron chi connectivity index (χ0n) is 13.8. The number of nitriles is 1. The van der Waals surface area contributed by atoms with Gasteiger partial charge in [-0.3, -0.25) is 0 Å². The van der Waals surface area contributed by atoms with Crippen LogP contribution in [0.25, 0.3) is 0 Å². The molecular formula is C16H29N2O2P. The summed E-state index contributed by atoms with van der Waals surface area (Å²) < 4.78 is 14.0. The van der Waals surface area contributed by atoms with Crippen LogP contribution >= 0.6 is 8.53 Å². The topological polar surface area (TPSA) is 45.5 Å². The lowest BCUT2D eigenvalue weighted by Gasteiger charge is -2.35. The molecule has 0 rings (SSSR count). The Hall–Kier alpha value is -0.640. The molecule has 21 heavy (non-hydrogen) atoms. The molecule has 0 aliphatic carbocycles. The van der Waals surface area contributed by atoms with Crippen molar-refractivity contribution in [3.05, 3.63) is 0 Å². The van der Waals surface area contributed by atoms with E-state index in [1.54, 1.807) is 0 Å². The molecule has 0 aliphatic heterocycles.